The Bertz CT molecular complexity index is 956. The fourth-order valence-corrected chi connectivity index (χ4v) is 4.08. The van der Waals surface area contributed by atoms with E-state index in [1.54, 1.807) is 0 Å². The predicted octanol–water partition coefficient (Wildman–Crippen LogP) is 4.58. The maximum Gasteiger partial charge on any atom is 0.269 e. The van der Waals surface area contributed by atoms with Crippen LogP contribution in [0.1, 0.15) is 18.9 Å². The third-order valence-corrected chi connectivity index (χ3v) is 5.96. The van der Waals surface area contributed by atoms with Gasteiger partial charge in [0.2, 0.25) is 0 Å². The fraction of sp³-hybridized carbons (Fsp3) is 0.409. The van der Waals surface area contributed by atoms with E-state index in [4.69, 9.17) is 4.74 Å². The smallest absolute Gasteiger partial charge is 0.269 e. The SMILES string of the molecule is C[C@@H]1[C@H](Cc2cccc(-c3cc(F)cc(F)c3)c2F)N(C(=O)[C@@H]2CCO2)CC1(F)F. The van der Waals surface area contributed by atoms with Gasteiger partial charge < -0.3 is 9.64 Å². The third kappa shape index (κ3) is 3.69. The summed E-state index contributed by atoms with van der Waals surface area (Å²) in [7, 11) is 0. The molecule has 2 aliphatic heterocycles. The summed E-state index contributed by atoms with van der Waals surface area (Å²) in [5.41, 5.74) is 0.0648. The number of alkyl halides is 2. The van der Waals surface area contributed by atoms with E-state index in [-0.39, 0.29) is 23.1 Å². The van der Waals surface area contributed by atoms with Gasteiger partial charge in [0.05, 0.1) is 13.2 Å². The second-order valence-corrected chi connectivity index (χ2v) is 7.87. The lowest BCUT2D eigenvalue weighted by molar-refractivity contribution is -0.158. The van der Waals surface area contributed by atoms with Gasteiger partial charge in [0.25, 0.3) is 11.8 Å². The summed E-state index contributed by atoms with van der Waals surface area (Å²) in [6.07, 6.45) is -0.413. The minimum absolute atomic E-state index is 0.00690. The van der Waals surface area contributed by atoms with Crippen LogP contribution in [0.25, 0.3) is 11.1 Å². The van der Waals surface area contributed by atoms with Crippen LogP contribution in [-0.2, 0) is 16.0 Å². The highest BCUT2D eigenvalue weighted by Crippen LogP contribution is 2.40. The van der Waals surface area contributed by atoms with Crippen molar-refractivity contribution in [3.63, 3.8) is 0 Å². The van der Waals surface area contributed by atoms with E-state index in [1.165, 1.54) is 25.1 Å². The lowest BCUT2D eigenvalue weighted by Crippen LogP contribution is -2.49. The molecule has 2 aromatic rings. The van der Waals surface area contributed by atoms with Crippen LogP contribution in [0.4, 0.5) is 22.0 Å². The van der Waals surface area contributed by atoms with Gasteiger partial charge in [-0.1, -0.05) is 25.1 Å². The van der Waals surface area contributed by atoms with Crippen molar-refractivity contribution in [2.24, 2.45) is 5.92 Å². The Kier molecular flexibility index (Phi) is 5.30. The number of rotatable bonds is 4. The van der Waals surface area contributed by atoms with Crippen LogP contribution in [0.2, 0.25) is 0 Å². The number of likely N-dealkylation sites (tertiary alicyclic amines) is 1. The van der Waals surface area contributed by atoms with Crippen molar-refractivity contribution in [2.45, 2.75) is 37.8 Å². The van der Waals surface area contributed by atoms with Crippen LogP contribution in [0, 0.1) is 23.4 Å². The van der Waals surface area contributed by atoms with Gasteiger partial charge in [-0.05, 0) is 29.7 Å². The maximum atomic E-state index is 15.2. The van der Waals surface area contributed by atoms with Crippen LogP contribution in [0.3, 0.4) is 0 Å². The number of benzene rings is 2. The minimum Gasteiger partial charge on any atom is -0.368 e. The highest BCUT2D eigenvalue weighted by molar-refractivity contribution is 5.82. The summed E-state index contributed by atoms with van der Waals surface area (Å²) in [5.74, 6) is -7.26. The number of halogens is 5. The van der Waals surface area contributed by atoms with Crippen molar-refractivity contribution in [1.29, 1.82) is 0 Å². The molecule has 2 aromatic carbocycles. The summed E-state index contributed by atoms with van der Waals surface area (Å²) < 4.78 is 76.3. The Labute approximate surface area is 170 Å². The Morgan fingerprint density at radius 2 is 1.83 bits per heavy atom. The zero-order chi connectivity index (χ0) is 21.6. The molecule has 2 fully saturated rings. The summed E-state index contributed by atoms with van der Waals surface area (Å²) >= 11 is 0. The number of carbonyl (C=O) groups is 1. The van der Waals surface area contributed by atoms with Crippen LogP contribution < -0.4 is 0 Å². The quantitative estimate of drug-likeness (QED) is 0.671. The Balaban J connectivity index is 1.66. The first kappa shape index (κ1) is 20.8. The molecule has 2 saturated heterocycles. The number of ether oxygens (including phenoxy) is 1. The molecule has 30 heavy (non-hydrogen) atoms. The van der Waals surface area contributed by atoms with E-state index < -0.39 is 53.9 Å². The van der Waals surface area contributed by atoms with Crippen LogP contribution in [-0.4, -0.2) is 42.0 Å². The zero-order valence-corrected chi connectivity index (χ0v) is 16.2. The number of hydrogen-bond acceptors (Lipinski definition) is 2. The molecule has 0 saturated carbocycles. The summed E-state index contributed by atoms with van der Waals surface area (Å²) in [5, 5.41) is 0. The normalized spacial score (nSPS) is 25.3. The van der Waals surface area contributed by atoms with Gasteiger partial charge in [0.1, 0.15) is 23.6 Å². The zero-order valence-electron chi connectivity index (χ0n) is 16.2. The summed E-state index contributed by atoms with van der Waals surface area (Å²) in [6.45, 7) is 0.999. The largest absolute Gasteiger partial charge is 0.368 e. The Morgan fingerprint density at radius 3 is 2.43 bits per heavy atom. The molecular formula is C22H20F5NO2. The molecule has 0 N–H and O–H groups in total. The van der Waals surface area contributed by atoms with Crippen molar-refractivity contribution in [3.05, 3.63) is 59.4 Å². The number of hydrogen-bond donors (Lipinski definition) is 0. The molecule has 4 rings (SSSR count). The van der Waals surface area contributed by atoms with Gasteiger partial charge in [0.15, 0.2) is 0 Å². The lowest BCUT2D eigenvalue weighted by Gasteiger charge is -2.33. The molecule has 160 valence electrons. The van der Waals surface area contributed by atoms with Crippen molar-refractivity contribution in [2.75, 3.05) is 13.2 Å². The molecule has 2 aliphatic rings. The highest BCUT2D eigenvalue weighted by Gasteiger charge is 2.54. The second kappa shape index (κ2) is 7.65. The standard InChI is InChI=1S/C22H20F5NO2/c1-12-18(28(11-22(12,26)27)21(29)19-5-6-30-19)9-13-3-2-4-17(20(13)25)14-7-15(23)10-16(24)8-14/h2-4,7-8,10,12,18-19H,5-6,9,11H2,1H3/t12-,18+,19+/m1/s1. The third-order valence-electron chi connectivity index (χ3n) is 5.96. The van der Waals surface area contributed by atoms with Gasteiger partial charge in [-0.3, -0.25) is 4.79 Å². The maximum absolute atomic E-state index is 15.2. The second-order valence-electron chi connectivity index (χ2n) is 7.87. The lowest BCUT2D eigenvalue weighted by atomic mass is 9.91. The first-order chi connectivity index (χ1) is 14.2. The Hall–Kier alpha value is -2.48. The summed E-state index contributed by atoms with van der Waals surface area (Å²) in [4.78, 5) is 13.7. The van der Waals surface area contributed by atoms with Crippen molar-refractivity contribution in [1.82, 2.24) is 4.90 Å². The monoisotopic (exact) mass is 425 g/mol. The molecular weight excluding hydrogens is 405 g/mol. The van der Waals surface area contributed by atoms with E-state index in [9.17, 15) is 22.4 Å². The Morgan fingerprint density at radius 1 is 1.17 bits per heavy atom. The number of carbonyl (C=O) groups excluding carboxylic acids is 1. The first-order valence-corrected chi connectivity index (χ1v) is 9.71. The van der Waals surface area contributed by atoms with Crippen LogP contribution >= 0.6 is 0 Å². The van der Waals surface area contributed by atoms with Crippen LogP contribution in [0.5, 0.6) is 0 Å². The van der Waals surface area contributed by atoms with Gasteiger partial charge in [-0.25, -0.2) is 22.0 Å². The molecule has 0 bridgehead atoms. The van der Waals surface area contributed by atoms with E-state index in [1.807, 2.05) is 0 Å². The van der Waals surface area contributed by atoms with Gasteiger partial charge in [-0.15, -0.1) is 0 Å². The molecule has 0 spiro atoms. The molecule has 0 unspecified atom stereocenters. The summed E-state index contributed by atoms with van der Waals surface area (Å²) in [6, 6.07) is 6.05. The molecule has 2 heterocycles. The van der Waals surface area contributed by atoms with Gasteiger partial charge >= 0.3 is 0 Å². The van der Waals surface area contributed by atoms with Crippen molar-refractivity contribution in [3.8, 4) is 11.1 Å². The van der Waals surface area contributed by atoms with Gasteiger partial charge in [-0.2, -0.15) is 0 Å². The van der Waals surface area contributed by atoms with E-state index in [0.717, 1.165) is 17.0 Å². The van der Waals surface area contributed by atoms with E-state index >= 15 is 4.39 Å². The molecule has 3 nitrogen and oxygen atoms in total. The molecule has 8 heteroatoms. The molecule has 3 atom stereocenters. The van der Waals surface area contributed by atoms with Gasteiger partial charge in [0, 0.05) is 30.0 Å². The molecule has 0 aliphatic carbocycles. The fourth-order valence-electron chi connectivity index (χ4n) is 4.08. The van der Waals surface area contributed by atoms with Crippen LogP contribution in [0.15, 0.2) is 36.4 Å². The molecule has 0 radical (unpaired) electrons. The first-order valence-electron chi connectivity index (χ1n) is 9.71. The average Bonchev–Trinajstić information content (AvgIpc) is 2.84. The molecule has 0 aromatic heterocycles. The molecule has 1 amide bonds. The highest BCUT2D eigenvalue weighted by atomic mass is 19.3. The topological polar surface area (TPSA) is 29.5 Å². The number of nitrogens with zero attached hydrogens (tertiary/aromatic N) is 1. The minimum atomic E-state index is -3.11. The van der Waals surface area contributed by atoms with E-state index in [2.05, 4.69) is 0 Å². The van der Waals surface area contributed by atoms with E-state index in [0.29, 0.717) is 19.1 Å². The predicted molar refractivity (Wildman–Crippen MR) is 99.4 cm³/mol. The van der Waals surface area contributed by atoms with Crippen molar-refractivity contribution < 1.29 is 31.5 Å². The van der Waals surface area contributed by atoms with Crippen molar-refractivity contribution >= 4 is 5.91 Å². The average molecular weight is 425 g/mol. The number of amides is 1.